The number of ether oxygens (including phenoxy) is 1. The Morgan fingerprint density at radius 3 is 2.52 bits per heavy atom. The topological polar surface area (TPSA) is 81.9 Å². The fourth-order valence-corrected chi connectivity index (χ4v) is 3.20. The first-order chi connectivity index (χ1) is 16.1. The minimum atomic E-state index is -0.523. The number of pyridine rings is 1. The van der Waals surface area contributed by atoms with Gasteiger partial charge < -0.3 is 10.1 Å². The zero-order valence-electron chi connectivity index (χ0n) is 17.6. The van der Waals surface area contributed by atoms with Gasteiger partial charge in [0.1, 0.15) is 11.4 Å². The summed E-state index contributed by atoms with van der Waals surface area (Å²) in [6.45, 7) is -0.165. The van der Waals surface area contributed by atoms with E-state index in [0.29, 0.717) is 28.9 Å². The van der Waals surface area contributed by atoms with Gasteiger partial charge in [-0.1, -0.05) is 29.8 Å². The van der Waals surface area contributed by atoms with Crippen LogP contribution in [0.1, 0.15) is 17.7 Å². The minimum Gasteiger partial charge on any atom is -0.439 e. The van der Waals surface area contributed by atoms with Crippen molar-refractivity contribution in [3.8, 4) is 11.6 Å². The Morgan fingerprint density at radius 2 is 1.82 bits per heavy atom. The molecule has 0 unspecified atom stereocenters. The summed E-state index contributed by atoms with van der Waals surface area (Å²) >= 11 is 5.98. The van der Waals surface area contributed by atoms with Crippen LogP contribution < -0.4 is 15.6 Å². The van der Waals surface area contributed by atoms with E-state index in [1.165, 1.54) is 0 Å². The molecule has 2 heterocycles. The van der Waals surface area contributed by atoms with Gasteiger partial charge in [-0.25, -0.2) is 9.67 Å². The molecule has 0 fully saturated rings. The lowest BCUT2D eigenvalue weighted by molar-refractivity contribution is 0.463. The van der Waals surface area contributed by atoms with Crippen molar-refractivity contribution in [1.82, 2.24) is 19.7 Å². The standard InChI is InChI=1S/C24H21ClFN5O2/c25-18-8-6-17(7-9-18)16-31-24(29-23(32)21(30-31)4-3-14-26)28-19-10-12-20(13-11-19)33-22-5-1-2-15-27-22/h1-2,5-13,15H,3-4,14,16H2,(H,28,29,32). The van der Waals surface area contributed by atoms with Crippen LogP contribution in [-0.2, 0) is 13.0 Å². The van der Waals surface area contributed by atoms with E-state index in [2.05, 4.69) is 20.4 Å². The van der Waals surface area contributed by atoms with Gasteiger partial charge in [-0.05, 0) is 60.9 Å². The maximum Gasteiger partial charge on any atom is 0.296 e. The molecule has 2 aromatic carbocycles. The molecule has 0 amide bonds. The first-order valence-electron chi connectivity index (χ1n) is 10.3. The number of aromatic nitrogens is 4. The summed E-state index contributed by atoms with van der Waals surface area (Å²) in [6, 6.07) is 19.9. The van der Waals surface area contributed by atoms with E-state index >= 15 is 0 Å². The van der Waals surface area contributed by atoms with Crippen LogP contribution in [0.5, 0.6) is 11.6 Å². The molecule has 0 aliphatic heterocycles. The maximum absolute atomic E-state index is 12.6. The summed E-state index contributed by atoms with van der Waals surface area (Å²) < 4.78 is 19.9. The zero-order valence-corrected chi connectivity index (χ0v) is 18.4. The first kappa shape index (κ1) is 22.4. The van der Waals surface area contributed by atoms with Crippen molar-refractivity contribution in [1.29, 1.82) is 0 Å². The number of benzene rings is 2. The molecule has 168 valence electrons. The van der Waals surface area contributed by atoms with E-state index in [1.54, 1.807) is 53.3 Å². The summed E-state index contributed by atoms with van der Waals surface area (Å²) in [7, 11) is 0. The van der Waals surface area contributed by atoms with E-state index < -0.39 is 12.2 Å². The summed E-state index contributed by atoms with van der Waals surface area (Å²) in [4.78, 5) is 20.8. The van der Waals surface area contributed by atoms with Crippen LogP contribution in [0.25, 0.3) is 0 Å². The molecular formula is C24H21ClFN5O2. The monoisotopic (exact) mass is 465 g/mol. The highest BCUT2D eigenvalue weighted by molar-refractivity contribution is 6.30. The van der Waals surface area contributed by atoms with Crippen molar-refractivity contribution in [2.24, 2.45) is 0 Å². The Bertz CT molecular complexity index is 1250. The summed E-state index contributed by atoms with van der Waals surface area (Å²) in [6.07, 6.45) is 2.10. The van der Waals surface area contributed by atoms with Crippen LogP contribution in [0.15, 0.2) is 77.7 Å². The lowest BCUT2D eigenvalue weighted by atomic mass is 10.2. The van der Waals surface area contributed by atoms with Crippen molar-refractivity contribution in [3.63, 3.8) is 0 Å². The number of hydrogen-bond donors (Lipinski definition) is 1. The molecule has 4 aromatic rings. The third-order valence-corrected chi connectivity index (χ3v) is 4.96. The molecule has 0 spiro atoms. The Morgan fingerprint density at radius 1 is 1.03 bits per heavy atom. The predicted molar refractivity (Wildman–Crippen MR) is 125 cm³/mol. The average molecular weight is 466 g/mol. The number of anilines is 2. The van der Waals surface area contributed by atoms with E-state index in [4.69, 9.17) is 16.3 Å². The van der Waals surface area contributed by atoms with Crippen LogP contribution >= 0.6 is 11.6 Å². The Hall–Kier alpha value is -3.78. The van der Waals surface area contributed by atoms with Gasteiger partial charge in [-0.3, -0.25) is 9.18 Å². The van der Waals surface area contributed by atoms with E-state index in [-0.39, 0.29) is 24.5 Å². The molecule has 0 saturated heterocycles. The molecule has 33 heavy (non-hydrogen) atoms. The number of rotatable bonds is 9. The number of alkyl halides is 1. The van der Waals surface area contributed by atoms with Crippen molar-refractivity contribution in [2.75, 3.05) is 12.0 Å². The molecule has 0 bridgehead atoms. The van der Waals surface area contributed by atoms with Crippen LogP contribution in [0.2, 0.25) is 5.02 Å². The number of halogens is 2. The second-order valence-corrected chi connectivity index (χ2v) is 7.62. The lowest BCUT2D eigenvalue weighted by Crippen LogP contribution is -2.24. The molecule has 0 aliphatic carbocycles. The molecule has 0 aliphatic rings. The van der Waals surface area contributed by atoms with Crippen LogP contribution in [0, 0.1) is 0 Å². The van der Waals surface area contributed by atoms with Gasteiger partial charge in [0.05, 0.1) is 13.2 Å². The molecule has 0 radical (unpaired) electrons. The van der Waals surface area contributed by atoms with Crippen molar-refractivity contribution >= 4 is 23.2 Å². The van der Waals surface area contributed by atoms with Gasteiger partial charge in [0, 0.05) is 23.0 Å². The van der Waals surface area contributed by atoms with Gasteiger partial charge in [-0.2, -0.15) is 10.1 Å². The zero-order chi connectivity index (χ0) is 23.0. The number of nitrogens with zero attached hydrogens (tertiary/aromatic N) is 4. The summed E-state index contributed by atoms with van der Waals surface area (Å²) in [5.74, 6) is 1.38. The van der Waals surface area contributed by atoms with Crippen LogP contribution in [-0.4, -0.2) is 26.4 Å². The van der Waals surface area contributed by atoms with Gasteiger partial charge in [0.15, 0.2) is 0 Å². The smallest absolute Gasteiger partial charge is 0.296 e. The molecule has 0 saturated carbocycles. The average Bonchev–Trinajstić information content (AvgIpc) is 2.83. The van der Waals surface area contributed by atoms with Crippen LogP contribution in [0.3, 0.4) is 0 Å². The van der Waals surface area contributed by atoms with Crippen LogP contribution in [0.4, 0.5) is 16.0 Å². The fraction of sp³-hybridized carbons (Fsp3) is 0.167. The van der Waals surface area contributed by atoms with Gasteiger partial charge >= 0.3 is 0 Å². The Labute approximate surface area is 194 Å². The van der Waals surface area contributed by atoms with Gasteiger partial charge in [0.2, 0.25) is 11.8 Å². The molecule has 9 heteroatoms. The molecule has 4 rings (SSSR count). The number of nitrogens with one attached hydrogen (secondary N) is 1. The fourth-order valence-electron chi connectivity index (χ4n) is 3.07. The SMILES string of the molecule is O=c1nc(Nc2ccc(Oc3ccccn3)cc2)n(Cc2ccc(Cl)cc2)nc1CCCF. The third kappa shape index (κ3) is 6.14. The molecule has 1 N–H and O–H groups in total. The summed E-state index contributed by atoms with van der Waals surface area (Å²) in [5, 5.41) is 8.21. The van der Waals surface area contributed by atoms with Crippen molar-refractivity contribution in [3.05, 3.63) is 99.6 Å². The quantitative estimate of drug-likeness (QED) is 0.367. The Balaban J connectivity index is 1.58. The molecule has 2 aromatic heterocycles. The van der Waals surface area contributed by atoms with E-state index in [1.807, 2.05) is 24.3 Å². The highest BCUT2D eigenvalue weighted by Gasteiger charge is 2.12. The third-order valence-electron chi connectivity index (χ3n) is 4.70. The number of hydrogen-bond acceptors (Lipinski definition) is 6. The largest absolute Gasteiger partial charge is 0.439 e. The van der Waals surface area contributed by atoms with E-state index in [9.17, 15) is 9.18 Å². The second kappa shape index (κ2) is 10.7. The van der Waals surface area contributed by atoms with E-state index in [0.717, 1.165) is 5.56 Å². The Kier molecular flexibility index (Phi) is 7.26. The van der Waals surface area contributed by atoms with Crippen molar-refractivity contribution < 1.29 is 9.13 Å². The highest BCUT2D eigenvalue weighted by Crippen LogP contribution is 2.23. The minimum absolute atomic E-state index is 0.218. The highest BCUT2D eigenvalue weighted by atomic mass is 35.5. The summed E-state index contributed by atoms with van der Waals surface area (Å²) in [5.41, 5.74) is 1.37. The first-order valence-corrected chi connectivity index (χ1v) is 10.7. The number of aryl methyl sites for hydroxylation is 1. The predicted octanol–water partition coefficient (Wildman–Crippen LogP) is 5.17. The van der Waals surface area contributed by atoms with Crippen molar-refractivity contribution in [2.45, 2.75) is 19.4 Å². The lowest BCUT2D eigenvalue weighted by Gasteiger charge is -2.14. The molecular weight excluding hydrogens is 445 g/mol. The van der Waals surface area contributed by atoms with Gasteiger partial charge in [-0.15, -0.1) is 0 Å². The second-order valence-electron chi connectivity index (χ2n) is 7.18. The van der Waals surface area contributed by atoms with Gasteiger partial charge in [0.25, 0.3) is 5.56 Å². The maximum atomic E-state index is 12.6. The molecule has 0 atom stereocenters. The normalized spacial score (nSPS) is 10.7. The molecule has 7 nitrogen and oxygen atoms in total.